The minimum atomic E-state index is -0.209. The van der Waals surface area contributed by atoms with E-state index >= 15 is 0 Å². The van der Waals surface area contributed by atoms with Crippen LogP contribution in [0.2, 0.25) is 0 Å². The van der Waals surface area contributed by atoms with Crippen molar-refractivity contribution in [3.8, 4) is 5.75 Å². The van der Waals surface area contributed by atoms with E-state index < -0.39 is 0 Å². The first-order valence-corrected chi connectivity index (χ1v) is 25.5. The van der Waals surface area contributed by atoms with Gasteiger partial charge in [-0.05, 0) is 92.2 Å². The first-order valence-electron chi connectivity index (χ1n) is 25.0. The fourth-order valence-corrected chi connectivity index (χ4v) is 9.77. The number of aromatic nitrogens is 3. The highest BCUT2D eigenvalue weighted by molar-refractivity contribution is 6.17. The lowest BCUT2D eigenvalue weighted by atomic mass is 9.48. The number of ether oxygens (including phenoxy) is 9. The number of alkyl halides is 1. The Morgan fingerprint density at radius 1 is 0.574 bits per heavy atom. The standard InChI is InChI=1S/C49H79ClN6O12/c50-11-3-1-2-4-16-60-21-22-62-18-13-52-47(58)38-67-30-29-66-27-24-61-17-12-51-46(57)10-7-44-37-56(55-54-44)15-20-64-25-28-65-26-23-63-19-14-53-48(59)39-68-45-8-5-43(6-9-45)49-34-40-31-41(35-49)33-42(32-40)36-49/h5-6,8-9,37,40-42H,1-4,7,10-36,38-39H2,(H,51,57)(H,52,58)(H,53,59). The van der Waals surface area contributed by atoms with Crippen LogP contribution in [0.25, 0.3) is 0 Å². The summed E-state index contributed by atoms with van der Waals surface area (Å²) >= 11 is 5.66. The molecule has 18 nitrogen and oxygen atoms in total. The Kier molecular flexibility index (Phi) is 27.7. The molecule has 2 aromatic rings. The number of hydrogen-bond acceptors (Lipinski definition) is 14. The van der Waals surface area contributed by atoms with Crippen molar-refractivity contribution in [1.29, 1.82) is 0 Å². The molecule has 4 fully saturated rings. The number of aryl methyl sites for hydroxylation is 1. The van der Waals surface area contributed by atoms with E-state index in [0.29, 0.717) is 136 Å². The van der Waals surface area contributed by atoms with Crippen LogP contribution in [-0.2, 0) is 70.7 Å². The van der Waals surface area contributed by atoms with Gasteiger partial charge in [0.05, 0.1) is 105 Å². The second-order valence-corrected chi connectivity index (χ2v) is 18.4. The molecule has 3 N–H and O–H groups in total. The molecule has 0 atom stereocenters. The molecule has 3 amide bonds. The minimum absolute atomic E-state index is 0.0220. The quantitative estimate of drug-likeness (QED) is 0.0636. The SMILES string of the molecule is O=C(CCc1cn(CCOCCOCCOCCNC(=O)COc2ccc(C34CC5CC(CC(C5)C3)C4)cc2)nn1)NCCOCCOCCOCC(=O)NCCOCCOCCCCCCCl. The van der Waals surface area contributed by atoms with Gasteiger partial charge in [-0.25, -0.2) is 4.68 Å². The maximum atomic E-state index is 12.3. The predicted molar refractivity (Wildman–Crippen MR) is 255 cm³/mol. The van der Waals surface area contributed by atoms with Gasteiger partial charge in [0.25, 0.3) is 5.91 Å². The molecule has 1 aromatic heterocycles. The Morgan fingerprint density at radius 3 is 1.63 bits per heavy atom. The molecule has 0 saturated heterocycles. The van der Waals surface area contributed by atoms with Crippen LogP contribution < -0.4 is 20.7 Å². The average molecular weight is 980 g/mol. The van der Waals surface area contributed by atoms with Gasteiger partial charge in [-0.2, -0.15) is 0 Å². The number of nitrogens with one attached hydrogen (secondary N) is 3. The zero-order valence-electron chi connectivity index (χ0n) is 40.3. The number of halogens is 1. The summed E-state index contributed by atoms with van der Waals surface area (Å²) < 4.78 is 51.5. The van der Waals surface area contributed by atoms with Crippen molar-refractivity contribution in [2.75, 3.05) is 138 Å². The highest BCUT2D eigenvalue weighted by Gasteiger charge is 2.51. The summed E-state index contributed by atoms with van der Waals surface area (Å²) in [4.78, 5) is 36.4. The van der Waals surface area contributed by atoms with E-state index in [9.17, 15) is 14.4 Å². The Hall–Kier alpha value is -3.46. The molecular weight excluding hydrogens is 900 g/mol. The third kappa shape index (κ3) is 23.0. The first-order chi connectivity index (χ1) is 33.4. The van der Waals surface area contributed by atoms with E-state index in [4.69, 9.17) is 54.2 Å². The molecule has 0 aliphatic heterocycles. The molecule has 4 aliphatic carbocycles. The largest absolute Gasteiger partial charge is 0.484 e. The lowest BCUT2D eigenvalue weighted by Crippen LogP contribution is -2.48. The van der Waals surface area contributed by atoms with Crippen LogP contribution >= 0.6 is 11.6 Å². The second-order valence-electron chi connectivity index (χ2n) is 18.0. The summed E-state index contributed by atoms with van der Waals surface area (Å²) in [6.07, 6.45) is 15.2. The molecule has 1 heterocycles. The molecule has 6 rings (SSSR count). The molecule has 68 heavy (non-hydrogen) atoms. The van der Waals surface area contributed by atoms with E-state index in [0.717, 1.165) is 61.5 Å². The van der Waals surface area contributed by atoms with Crippen LogP contribution in [0.3, 0.4) is 0 Å². The molecule has 4 bridgehead atoms. The number of benzene rings is 1. The fraction of sp³-hybridized carbons (Fsp3) is 0.776. The monoisotopic (exact) mass is 979 g/mol. The maximum absolute atomic E-state index is 12.3. The summed E-state index contributed by atoms with van der Waals surface area (Å²) in [5, 5.41) is 16.7. The van der Waals surface area contributed by atoms with Gasteiger partial charge in [0, 0.05) is 51.2 Å². The molecule has 0 radical (unpaired) electrons. The van der Waals surface area contributed by atoms with Gasteiger partial charge in [-0.1, -0.05) is 30.2 Å². The second kappa shape index (κ2) is 34.0. The van der Waals surface area contributed by atoms with Crippen molar-refractivity contribution in [2.45, 2.75) is 89.0 Å². The van der Waals surface area contributed by atoms with Crippen molar-refractivity contribution >= 4 is 29.3 Å². The molecule has 0 unspecified atom stereocenters. The average Bonchev–Trinajstić information content (AvgIpc) is 3.80. The number of carbonyl (C=O) groups excluding carboxylic acids is 3. The fourth-order valence-electron chi connectivity index (χ4n) is 9.58. The van der Waals surface area contributed by atoms with Gasteiger partial charge >= 0.3 is 0 Å². The highest BCUT2D eigenvalue weighted by Crippen LogP contribution is 2.60. The Labute approximate surface area is 408 Å². The summed E-state index contributed by atoms with van der Waals surface area (Å²) in [6.45, 7) is 8.14. The first kappa shape index (κ1) is 55.5. The lowest BCUT2D eigenvalue weighted by Gasteiger charge is -2.57. The van der Waals surface area contributed by atoms with Gasteiger partial charge in [0.15, 0.2) is 6.61 Å². The number of unbranched alkanes of at least 4 members (excludes halogenated alkanes) is 3. The topological polar surface area (TPSA) is 201 Å². The highest BCUT2D eigenvalue weighted by atomic mass is 35.5. The van der Waals surface area contributed by atoms with Crippen molar-refractivity contribution in [3.63, 3.8) is 0 Å². The molecule has 19 heteroatoms. The predicted octanol–water partition coefficient (Wildman–Crippen LogP) is 4.04. The van der Waals surface area contributed by atoms with E-state index in [1.54, 1.807) is 4.68 Å². The minimum Gasteiger partial charge on any atom is -0.484 e. The van der Waals surface area contributed by atoms with E-state index in [1.807, 2.05) is 18.3 Å². The van der Waals surface area contributed by atoms with Gasteiger partial charge in [-0.15, -0.1) is 16.7 Å². The molecular formula is C49H79ClN6O12. The Bertz CT molecular complexity index is 1640. The number of hydrogen-bond donors (Lipinski definition) is 3. The van der Waals surface area contributed by atoms with Crippen LogP contribution in [0, 0.1) is 17.8 Å². The molecule has 0 spiro atoms. The Morgan fingerprint density at radius 2 is 1.06 bits per heavy atom. The van der Waals surface area contributed by atoms with Crippen molar-refractivity contribution in [3.05, 3.63) is 41.7 Å². The molecule has 1 aromatic carbocycles. The molecule has 384 valence electrons. The van der Waals surface area contributed by atoms with Crippen molar-refractivity contribution < 1.29 is 57.0 Å². The lowest BCUT2D eigenvalue weighted by molar-refractivity contribution is -0.126. The zero-order valence-corrected chi connectivity index (χ0v) is 41.0. The Balaban J connectivity index is 0.716. The van der Waals surface area contributed by atoms with Gasteiger partial charge in [0.1, 0.15) is 12.4 Å². The summed E-state index contributed by atoms with van der Waals surface area (Å²) in [5.74, 6) is 3.70. The third-order valence-electron chi connectivity index (χ3n) is 12.5. The van der Waals surface area contributed by atoms with Gasteiger partial charge in [-0.3, -0.25) is 14.4 Å². The van der Waals surface area contributed by atoms with Gasteiger partial charge in [0.2, 0.25) is 11.8 Å². The maximum Gasteiger partial charge on any atom is 0.258 e. The van der Waals surface area contributed by atoms with Crippen LogP contribution in [0.5, 0.6) is 5.75 Å². The van der Waals surface area contributed by atoms with E-state index in [2.05, 4.69) is 38.4 Å². The number of nitrogens with zero attached hydrogens (tertiary/aromatic N) is 3. The smallest absolute Gasteiger partial charge is 0.258 e. The number of rotatable bonds is 42. The van der Waals surface area contributed by atoms with Crippen molar-refractivity contribution in [1.82, 2.24) is 30.9 Å². The summed E-state index contributed by atoms with van der Waals surface area (Å²) in [6, 6.07) is 8.50. The van der Waals surface area contributed by atoms with Crippen LogP contribution in [0.4, 0.5) is 0 Å². The number of amides is 3. The summed E-state index contributed by atoms with van der Waals surface area (Å²) in [7, 11) is 0. The van der Waals surface area contributed by atoms with Gasteiger partial charge < -0.3 is 58.6 Å². The van der Waals surface area contributed by atoms with Crippen molar-refractivity contribution in [2.24, 2.45) is 17.8 Å². The third-order valence-corrected chi connectivity index (χ3v) is 12.8. The molecule has 4 saturated carbocycles. The van der Waals surface area contributed by atoms with Crippen LogP contribution in [-0.4, -0.2) is 171 Å². The van der Waals surface area contributed by atoms with E-state index in [-0.39, 0.29) is 37.4 Å². The number of carbonyl (C=O) groups is 3. The van der Waals surface area contributed by atoms with E-state index in [1.165, 1.54) is 44.1 Å². The summed E-state index contributed by atoms with van der Waals surface area (Å²) in [5.41, 5.74) is 2.54. The molecule has 4 aliphatic rings. The van der Waals surface area contributed by atoms with Crippen LogP contribution in [0.15, 0.2) is 30.5 Å². The normalized spacial score (nSPS) is 19.3. The van der Waals surface area contributed by atoms with Crippen LogP contribution in [0.1, 0.15) is 81.9 Å². The zero-order chi connectivity index (χ0) is 47.8.